The number of rotatable bonds is 5. The average molecular weight is 435 g/mol. The van der Waals surface area contributed by atoms with Gasteiger partial charge >= 0.3 is 0 Å². The number of hydrogen-bond donors (Lipinski definition) is 0. The van der Waals surface area contributed by atoms with Gasteiger partial charge in [-0.3, -0.25) is 4.79 Å². The number of ether oxygens (including phenoxy) is 4. The lowest BCUT2D eigenvalue weighted by Crippen LogP contribution is -2.25. The maximum atomic E-state index is 12.1. The van der Waals surface area contributed by atoms with E-state index in [2.05, 4.69) is 21.0 Å². The number of hydrogen-bond acceptors (Lipinski definition) is 6. The van der Waals surface area contributed by atoms with Gasteiger partial charge in [-0.1, -0.05) is 22.0 Å². The van der Waals surface area contributed by atoms with E-state index in [0.29, 0.717) is 28.7 Å². The van der Waals surface area contributed by atoms with E-state index in [0.717, 1.165) is 10.0 Å². The van der Waals surface area contributed by atoms with Gasteiger partial charge in [0.15, 0.2) is 11.5 Å². The molecule has 2 aromatic rings. The predicted octanol–water partition coefficient (Wildman–Crippen LogP) is 3.71. The zero-order valence-electron chi connectivity index (χ0n) is 15.4. The van der Waals surface area contributed by atoms with E-state index in [1.54, 1.807) is 12.1 Å². The molecule has 0 spiro atoms. The molecular weight excluding hydrogens is 416 g/mol. The molecule has 7 nitrogen and oxygen atoms in total. The molecule has 0 aliphatic carbocycles. The summed E-state index contributed by atoms with van der Waals surface area (Å²) in [4.78, 5) is 12.1. The zero-order chi connectivity index (χ0) is 19.6. The van der Waals surface area contributed by atoms with Crippen molar-refractivity contribution in [3.63, 3.8) is 0 Å². The van der Waals surface area contributed by atoms with E-state index in [1.165, 1.54) is 33.3 Å². The van der Waals surface area contributed by atoms with Crippen LogP contribution in [-0.2, 0) is 9.53 Å². The third-order valence-electron chi connectivity index (χ3n) is 4.01. The van der Waals surface area contributed by atoms with Crippen molar-refractivity contribution in [2.24, 2.45) is 5.10 Å². The van der Waals surface area contributed by atoms with Crippen molar-refractivity contribution >= 4 is 27.7 Å². The van der Waals surface area contributed by atoms with Gasteiger partial charge in [0.05, 0.1) is 21.3 Å². The maximum Gasteiger partial charge on any atom is 0.243 e. The predicted molar refractivity (Wildman–Crippen MR) is 103 cm³/mol. The third-order valence-corrected chi connectivity index (χ3v) is 4.50. The van der Waals surface area contributed by atoms with Gasteiger partial charge in [0.1, 0.15) is 0 Å². The van der Waals surface area contributed by atoms with E-state index in [4.69, 9.17) is 18.9 Å². The Bertz CT molecular complexity index is 874. The summed E-state index contributed by atoms with van der Waals surface area (Å²) < 4.78 is 23.0. The fraction of sp³-hybridized carbons (Fsp3) is 0.263. The number of hydrazone groups is 1. The fourth-order valence-corrected chi connectivity index (χ4v) is 3.16. The Hall–Kier alpha value is -2.74. The summed E-state index contributed by atoms with van der Waals surface area (Å²) in [6.07, 6.45) is -0.745. The van der Waals surface area contributed by atoms with Gasteiger partial charge in [-0.05, 0) is 30.3 Å². The molecule has 1 aliphatic rings. The summed E-state index contributed by atoms with van der Waals surface area (Å²) in [7, 11) is 4.59. The fourth-order valence-electron chi connectivity index (χ4n) is 2.77. The Labute approximate surface area is 165 Å². The van der Waals surface area contributed by atoms with Gasteiger partial charge in [-0.15, -0.1) is 5.10 Å². The molecule has 1 amide bonds. The van der Waals surface area contributed by atoms with Crippen LogP contribution in [0.5, 0.6) is 17.2 Å². The zero-order valence-corrected chi connectivity index (χ0v) is 16.9. The maximum absolute atomic E-state index is 12.1. The summed E-state index contributed by atoms with van der Waals surface area (Å²) in [6, 6.07) is 11.0. The molecule has 1 atom stereocenters. The van der Waals surface area contributed by atoms with Crippen LogP contribution in [0.3, 0.4) is 0 Å². The minimum absolute atomic E-state index is 0.251. The summed E-state index contributed by atoms with van der Waals surface area (Å²) in [5.41, 5.74) is 1.40. The van der Waals surface area contributed by atoms with Gasteiger partial charge in [0.2, 0.25) is 23.8 Å². The first-order chi connectivity index (χ1) is 13.0. The molecule has 8 heteroatoms. The first kappa shape index (κ1) is 19.0. The largest absolute Gasteiger partial charge is 0.493 e. The molecule has 1 heterocycles. The molecule has 0 radical (unpaired) electrons. The van der Waals surface area contributed by atoms with Gasteiger partial charge in [-0.2, -0.15) is 5.01 Å². The van der Waals surface area contributed by atoms with E-state index in [-0.39, 0.29) is 5.91 Å². The number of nitrogens with zero attached hydrogens (tertiary/aromatic N) is 2. The van der Waals surface area contributed by atoms with E-state index < -0.39 is 6.23 Å². The summed E-state index contributed by atoms with van der Waals surface area (Å²) in [5, 5.41) is 5.64. The Morgan fingerprint density at radius 3 is 2.30 bits per heavy atom. The van der Waals surface area contributed by atoms with Crippen LogP contribution < -0.4 is 14.2 Å². The lowest BCUT2D eigenvalue weighted by molar-refractivity contribution is -0.135. The highest BCUT2D eigenvalue weighted by Gasteiger charge is 2.34. The summed E-state index contributed by atoms with van der Waals surface area (Å²) >= 11 is 3.43. The standard InChI is InChI=1S/C19H19BrN2O5/c1-11(23)22-19(27-18(21-22)12-6-5-7-14(20)8-12)13-9-15(24-2)17(26-4)16(10-13)25-3/h5-10,19H,1-4H3/t19-/m0/s1. The minimum Gasteiger partial charge on any atom is -0.493 e. The Balaban J connectivity index is 2.03. The second kappa shape index (κ2) is 7.87. The van der Waals surface area contributed by atoms with Crippen LogP contribution in [0.2, 0.25) is 0 Å². The first-order valence-corrected chi connectivity index (χ1v) is 8.88. The van der Waals surface area contributed by atoms with Gasteiger partial charge in [0, 0.05) is 22.5 Å². The highest BCUT2D eigenvalue weighted by atomic mass is 79.9. The molecule has 0 aromatic heterocycles. The number of benzene rings is 2. The third kappa shape index (κ3) is 3.71. The summed E-state index contributed by atoms with van der Waals surface area (Å²) in [5.74, 6) is 1.50. The Morgan fingerprint density at radius 2 is 1.78 bits per heavy atom. The average Bonchev–Trinajstić information content (AvgIpc) is 3.12. The molecule has 2 aromatic carbocycles. The quantitative estimate of drug-likeness (QED) is 0.716. The lowest BCUT2D eigenvalue weighted by Gasteiger charge is -2.21. The molecule has 0 saturated carbocycles. The molecule has 27 heavy (non-hydrogen) atoms. The normalized spacial score (nSPS) is 15.8. The van der Waals surface area contributed by atoms with E-state index in [1.807, 2.05) is 24.3 Å². The van der Waals surface area contributed by atoms with Crippen LogP contribution in [0, 0.1) is 0 Å². The van der Waals surface area contributed by atoms with Gasteiger partial charge in [0.25, 0.3) is 0 Å². The number of methoxy groups -OCH3 is 3. The highest BCUT2D eigenvalue weighted by molar-refractivity contribution is 9.10. The summed E-state index contributed by atoms with van der Waals surface area (Å²) in [6.45, 7) is 1.43. The monoisotopic (exact) mass is 434 g/mol. The molecule has 0 N–H and O–H groups in total. The Morgan fingerprint density at radius 1 is 1.11 bits per heavy atom. The second-order valence-corrected chi connectivity index (χ2v) is 6.62. The van der Waals surface area contributed by atoms with Crippen molar-refractivity contribution in [3.05, 3.63) is 52.0 Å². The minimum atomic E-state index is -0.745. The molecule has 142 valence electrons. The molecule has 0 unspecified atom stereocenters. The van der Waals surface area contributed by atoms with Crippen LogP contribution in [0.4, 0.5) is 0 Å². The smallest absolute Gasteiger partial charge is 0.243 e. The van der Waals surface area contributed by atoms with Crippen LogP contribution >= 0.6 is 15.9 Å². The Kier molecular flexibility index (Phi) is 5.55. The first-order valence-electron chi connectivity index (χ1n) is 8.09. The van der Waals surface area contributed by atoms with E-state index in [9.17, 15) is 4.79 Å². The highest BCUT2D eigenvalue weighted by Crippen LogP contribution is 2.42. The second-order valence-electron chi connectivity index (χ2n) is 5.71. The number of amides is 1. The number of halogens is 1. The molecule has 1 aliphatic heterocycles. The van der Waals surface area contributed by atoms with Gasteiger partial charge < -0.3 is 18.9 Å². The topological polar surface area (TPSA) is 69.6 Å². The molecule has 0 bridgehead atoms. The van der Waals surface area contributed by atoms with Crippen LogP contribution in [0.15, 0.2) is 46.0 Å². The number of carbonyl (C=O) groups excluding carboxylic acids is 1. The van der Waals surface area contributed by atoms with Crippen molar-refractivity contribution < 1.29 is 23.7 Å². The van der Waals surface area contributed by atoms with Crippen molar-refractivity contribution in [3.8, 4) is 17.2 Å². The van der Waals surface area contributed by atoms with Crippen molar-refractivity contribution in [2.45, 2.75) is 13.2 Å². The lowest BCUT2D eigenvalue weighted by atomic mass is 10.1. The van der Waals surface area contributed by atoms with E-state index >= 15 is 0 Å². The van der Waals surface area contributed by atoms with Crippen LogP contribution in [0.1, 0.15) is 24.3 Å². The molecule has 3 rings (SSSR count). The van der Waals surface area contributed by atoms with Crippen molar-refractivity contribution in [1.29, 1.82) is 0 Å². The van der Waals surface area contributed by atoms with Crippen LogP contribution in [0.25, 0.3) is 0 Å². The van der Waals surface area contributed by atoms with Crippen LogP contribution in [-0.4, -0.2) is 38.1 Å². The van der Waals surface area contributed by atoms with Gasteiger partial charge in [-0.25, -0.2) is 0 Å². The molecular formula is C19H19BrN2O5. The number of carbonyl (C=O) groups is 1. The molecule has 0 fully saturated rings. The van der Waals surface area contributed by atoms with Crippen molar-refractivity contribution in [2.75, 3.05) is 21.3 Å². The molecule has 0 saturated heterocycles. The van der Waals surface area contributed by atoms with Crippen molar-refractivity contribution in [1.82, 2.24) is 5.01 Å². The SMILES string of the molecule is COc1cc([C@@H]2OC(c3cccc(Br)c3)=NN2C(C)=O)cc(OC)c1OC.